The Kier molecular flexibility index (Phi) is 7.38. The van der Waals surface area contributed by atoms with Crippen LogP contribution in [0, 0.1) is 5.92 Å². The zero-order valence-electron chi connectivity index (χ0n) is 12.9. The molecule has 0 spiro atoms. The van der Waals surface area contributed by atoms with Crippen LogP contribution in [-0.2, 0) is 6.42 Å². The van der Waals surface area contributed by atoms with E-state index in [0.29, 0.717) is 19.1 Å². The fourth-order valence-corrected chi connectivity index (χ4v) is 2.51. The lowest BCUT2D eigenvalue weighted by Crippen LogP contribution is -2.17. The predicted molar refractivity (Wildman–Crippen MR) is 87.6 cm³/mol. The Morgan fingerprint density at radius 2 is 1.90 bits per heavy atom. The van der Waals surface area contributed by atoms with E-state index in [0.717, 1.165) is 34.4 Å². The van der Waals surface area contributed by atoms with Crippen molar-refractivity contribution in [3.8, 4) is 11.5 Å². The van der Waals surface area contributed by atoms with E-state index in [2.05, 4.69) is 35.8 Å². The van der Waals surface area contributed by atoms with Crippen molar-refractivity contribution in [1.29, 1.82) is 0 Å². The number of halogens is 1. The Hall–Kier alpha value is -0.740. The molecule has 0 aliphatic carbocycles. The SMILES string of the molecule is CCOc1cc(CC(C)N)cc(Br)c1OCCC(C)C. The van der Waals surface area contributed by atoms with Crippen LogP contribution in [-0.4, -0.2) is 19.3 Å². The summed E-state index contributed by atoms with van der Waals surface area (Å²) in [5.74, 6) is 2.21. The number of ether oxygens (including phenoxy) is 2. The molecular weight excluding hydrogens is 318 g/mol. The summed E-state index contributed by atoms with van der Waals surface area (Å²) in [5.41, 5.74) is 7.02. The number of hydrogen-bond donors (Lipinski definition) is 1. The second-order valence-corrected chi connectivity index (χ2v) is 6.40. The zero-order chi connectivity index (χ0) is 15.1. The van der Waals surface area contributed by atoms with Gasteiger partial charge in [0.2, 0.25) is 0 Å². The monoisotopic (exact) mass is 343 g/mol. The maximum atomic E-state index is 5.89. The fraction of sp³-hybridized carbons (Fsp3) is 0.625. The van der Waals surface area contributed by atoms with Crippen LogP contribution in [0.2, 0.25) is 0 Å². The molecule has 0 aromatic heterocycles. The standard InChI is InChI=1S/C16H26BrNO2/c1-5-19-15-10-13(8-12(4)18)9-14(17)16(15)20-7-6-11(2)3/h9-12H,5-8,18H2,1-4H3. The van der Waals surface area contributed by atoms with Crippen LogP contribution in [0.15, 0.2) is 16.6 Å². The lowest BCUT2D eigenvalue weighted by atomic mass is 10.1. The highest BCUT2D eigenvalue weighted by atomic mass is 79.9. The van der Waals surface area contributed by atoms with Gasteiger partial charge in [-0.15, -0.1) is 0 Å². The summed E-state index contributed by atoms with van der Waals surface area (Å²) >= 11 is 3.58. The van der Waals surface area contributed by atoms with E-state index in [1.807, 2.05) is 19.9 Å². The first-order valence-corrected chi connectivity index (χ1v) is 8.06. The molecule has 1 aromatic rings. The highest BCUT2D eigenvalue weighted by Crippen LogP contribution is 2.37. The normalized spacial score (nSPS) is 12.6. The van der Waals surface area contributed by atoms with Gasteiger partial charge in [-0.1, -0.05) is 13.8 Å². The lowest BCUT2D eigenvalue weighted by molar-refractivity contribution is 0.259. The Morgan fingerprint density at radius 3 is 2.45 bits per heavy atom. The van der Waals surface area contributed by atoms with Crippen molar-refractivity contribution in [3.05, 3.63) is 22.2 Å². The van der Waals surface area contributed by atoms with Gasteiger partial charge >= 0.3 is 0 Å². The van der Waals surface area contributed by atoms with Gasteiger partial charge in [-0.05, 0) is 66.2 Å². The summed E-state index contributed by atoms with van der Waals surface area (Å²) in [6.45, 7) is 9.67. The highest BCUT2D eigenvalue weighted by molar-refractivity contribution is 9.10. The average Bonchev–Trinajstić information content (AvgIpc) is 2.31. The van der Waals surface area contributed by atoms with Crippen LogP contribution < -0.4 is 15.2 Å². The van der Waals surface area contributed by atoms with Crippen molar-refractivity contribution in [3.63, 3.8) is 0 Å². The van der Waals surface area contributed by atoms with Gasteiger partial charge in [0.1, 0.15) is 0 Å². The molecule has 0 saturated heterocycles. The van der Waals surface area contributed by atoms with Gasteiger partial charge in [-0.2, -0.15) is 0 Å². The minimum Gasteiger partial charge on any atom is -0.490 e. The van der Waals surface area contributed by atoms with Crippen LogP contribution in [0.5, 0.6) is 11.5 Å². The van der Waals surface area contributed by atoms with Gasteiger partial charge in [0.15, 0.2) is 11.5 Å². The third-order valence-electron chi connectivity index (χ3n) is 2.87. The molecule has 2 N–H and O–H groups in total. The van der Waals surface area contributed by atoms with Crippen molar-refractivity contribution in [2.75, 3.05) is 13.2 Å². The molecule has 1 aromatic carbocycles. The zero-order valence-corrected chi connectivity index (χ0v) is 14.5. The largest absolute Gasteiger partial charge is 0.490 e. The van der Waals surface area contributed by atoms with Crippen molar-refractivity contribution < 1.29 is 9.47 Å². The topological polar surface area (TPSA) is 44.5 Å². The van der Waals surface area contributed by atoms with Gasteiger partial charge in [0.05, 0.1) is 17.7 Å². The molecule has 0 heterocycles. The molecule has 0 bridgehead atoms. The van der Waals surface area contributed by atoms with Gasteiger partial charge in [0.25, 0.3) is 0 Å². The summed E-state index contributed by atoms with van der Waals surface area (Å²) in [6.07, 6.45) is 1.85. The summed E-state index contributed by atoms with van der Waals surface area (Å²) < 4.78 is 12.5. The van der Waals surface area contributed by atoms with E-state index in [1.54, 1.807) is 0 Å². The highest BCUT2D eigenvalue weighted by Gasteiger charge is 2.13. The van der Waals surface area contributed by atoms with E-state index in [1.165, 1.54) is 0 Å². The molecule has 3 nitrogen and oxygen atoms in total. The minimum atomic E-state index is 0.129. The van der Waals surface area contributed by atoms with E-state index in [9.17, 15) is 0 Å². The first-order chi connectivity index (χ1) is 9.43. The third kappa shape index (κ3) is 5.71. The van der Waals surface area contributed by atoms with E-state index >= 15 is 0 Å². The van der Waals surface area contributed by atoms with Gasteiger partial charge in [-0.25, -0.2) is 0 Å². The Labute approximate surface area is 131 Å². The molecule has 0 saturated carbocycles. The fourth-order valence-electron chi connectivity index (χ4n) is 1.91. The Bertz CT molecular complexity index is 419. The second-order valence-electron chi connectivity index (χ2n) is 5.55. The summed E-state index contributed by atoms with van der Waals surface area (Å²) in [5, 5.41) is 0. The average molecular weight is 344 g/mol. The maximum absolute atomic E-state index is 5.89. The molecule has 0 aliphatic heterocycles. The van der Waals surface area contributed by atoms with Crippen LogP contribution in [0.25, 0.3) is 0 Å². The van der Waals surface area contributed by atoms with Gasteiger partial charge in [0, 0.05) is 6.04 Å². The molecule has 0 radical (unpaired) electrons. The molecule has 114 valence electrons. The van der Waals surface area contributed by atoms with E-state index < -0.39 is 0 Å². The molecular formula is C16H26BrNO2. The van der Waals surface area contributed by atoms with Crippen molar-refractivity contribution in [2.24, 2.45) is 11.7 Å². The smallest absolute Gasteiger partial charge is 0.175 e. The first kappa shape index (κ1) is 17.3. The first-order valence-electron chi connectivity index (χ1n) is 7.27. The minimum absolute atomic E-state index is 0.129. The molecule has 4 heteroatoms. The van der Waals surface area contributed by atoms with Crippen molar-refractivity contribution >= 4 is 15.9 Å². The van der Waals surface area contributed by atoms with E-state index in [4.69, 9.17) is 15.2 Å². The maximum Gasteiger partial charge on any atom is 0.175 e. The molecule has 0 amide bonds. The Morgan fingerprint density at radius 1 is 1.20 bits per heavy atom. The number of rotatable bonds is 8. The van der Waals surface area contributed by atoms with Crippen LogP contribution >= 0.6 is 15.9 Å². The molecule has 0 aliphatic rings. The van der Waals surface area contributed by atoms with Crippen LogP contribution in [0.4, 0.5) is 0 Å². The lowest BCUT2D eigenvalue weighted by Gasteiger charge is -2.16. The number of hydrogen-bond acceptors (Lipinski definition) is 3. The molecule has 1 unspecified atom stereocenters. The number of nitrogens with two attached hydrogens (primary N) is 1. The summed E-state index contributed by atoms with van der Waals surface area (Å²) in [7, 11) is 0. The van der Waals surface area contributed by atoms with E-state index in [-0.39, 0.29) is 6.04 Å². The Balaban J connectivity index is 2.90. The quantitative estimate of drug-likeness (QED) is 0.770. The van der Waals surface area contributed by atoms with Crippen molar-refractivity contribution in [2.45, 2.75) is 46.6 Å². The molecule has 1 rings (SSSR count). The van der Waals surface area contributed by atoms with Crippen molar-refractivity contribution in [1.82, 2.24) is 0 Å². The summed E-state index contributed by atoms with van der Waals surface area (Å²) in [6, 6.07) is 4.22. The summed E-state index contributed by atoms with van der Waals surface area (Å²) in [4.78, 5) is 0. The third-order valence-corrected chi connectivity index (χ3v) is 3.46. The van der Waals surface area contributed by atoms with Gasteiger partial charge < -0.3 is 15.2 Å². The van der Waals surface area contributed by atoms with Crippen LogP contribution in [0.3, 0.4) is 0 Å². The predicted octanol–water partition coefficient (Wildman–Crippen LogP) is 4.16. The molecule has 1 atom stereocenters. The molecule has 20 heavy (non-hydrogen) atoms. The molecule has 0 fully saturated rings. The second kappa shape index (κ2) is 8.53. The van der Waals surface area contributed by atoms with Crippen LogP contribution in [0.1, 0.15) is 39.7 Å². The number of benzene rings is 1. The van der Waals surface area contributed by atoms with Gasteiger partial charge in [-0.3, -0.25) is 0 Å².